The van der Waals surface area contributed by atoms with Crippen molar-refractivity contribution in [1.29, 1.82) is 0 Å². The van der Waals surface area contributed by atoms with Gasteiger partial charge in [0.05, 0.1) is 5.52 Å². The Morgan fingerprint density at radius 1 is 0.905 bits per heavy atom. The summed E-state index contributed by atoms with van der Waals surface area (Å²) >= 11 is 0. The summed E-state index contributed by atoms with van der Waals surface area (Å²) in [6, 6.07) is 18.3. The predicted molar refractivity (Wildman–Crippen MR) is 90.1 cm³/mol. The van der Waals surface area contributed by atoms with Crippen molar-refractivity contribution in [2.45, 2.75) is 6.54 Å². The number of fused-ring (bicyclic) bond motifs is 1. The molecule has 0 radical (unpaired) electrons. The number of nitrogens with zero attached hydrogens (tertiary/aromatic N) is 2. The van der Waals surface area contributed by atoms with Crippen molar-refractivity contribution in [3.05, 3.63) is 60.2 Å². The summed E-state index contributed by atoms with van der Waals surface area (Å²) in [6.45, 7) is 0.741. The van der Waals surface area contributed by atoms with Crippen LogP contribution in [0.25, 0.3) is 10.9 Å². The molecule has 0 saturated heterocycles. The molecule has 0 unspecified atom stereocenters. The molecule has 0 aliphatic carbocycles. The number of para-hydroxylation sites is 1. The number of aromatic nitrogens is 2. The summed E-state index contributed by atoms with van der Waals surface area (Å²) in [6.07, 6.45) is 0. The van der Waals surface area contributed by atoms with Gasteiger partial charge in [0.2, 0.25) is 5.95 Å². The Hall–Kier alpha value is -2.33. The van der Waals surface area contributed by atoms with Crippen LogP contribution in [0.4, 0.5) is 11.8 Å². The molecule has 0 aliphatic heterocycles. The van der Waals surface area contributed by atoms with Gasteiger partial charge in [0.15, 0.2) is 0 Å². The van der Waals surface area contributed by atoms with Crippen molar-refractivity contribution in [2.75, 3.05) is 17.7 Å². The van der Waals surface area contributed by atoms with Gasteiger partial charge < -0.3 is 10.6 Å². The summed E-state index contributed by atoms with van der Waals surface area (Å²) < 4.78 is 0. The first-order valence-electron chi connectivity index (χ1n) is 6.59. The highest BCUT2D eigenvalue weighted by atomic mass is 35.5. The second-order valence-electron chi connectivity index (χ2n) is 4.50. The third-order valence-electron chi connectivity index (χ3n) is 3.13. The first-order valence-corrected chi connectivity index (χ1v) is 6.59. The highest BCUT2D eigenvalue weighted by Gasteiger charge is 2.06. The first kappa shape index (κ1) is 15.1. The topological polar surface area (TPSA) is 49.8 Å². The van der Waals surface area contributed by atoms with Gasteiger partial charge in [-0.3, -0.25) is 0 Å². The maximum absolute atomic E-state index is 4.50. The van der Waals surface area contributed by atoms with E-state index < -0.39 is 0 Å². The molecule has 108 valence electrons. The molecule has 0 fully saturated rings. The predicted octanol–water partition coefficient (Wildman–Crippen LogP) is 3.71. The fraction of sp³-hybridized carbons (Fsp3) is 0.125. The van der Waals surface area contributed by atoms with Crippen LogP contribution in [-0.2, 0) is 6.54 Å². The van der Waals surface area contributed by atoms with E-state index in [1.165, 1.54) is 5.56 Å². The maximum Gasteiger partial charge on any atom is 0.224 e. The summed E-state index contributed by atoms with van der Waals surface area (Å²) in [4.78, 5) is 8.95. The number of hydrogen-bond donors (Lipinski definition) is 2. The Balaban J connectivity index is 0.00000161. The van der Waals surface area contributed by atoms with Gasteiger partial charge >= 0.3 is 0 Å². The molecule has 0 bridgehead atoms. The Kier molecular flexibility index (Phi) is 4.95. The number of halogens is 1. The van der Waals surface area contributed by atoms with Gasteiger partial charge in [0.25, 0.3) is 0 Å². The lowest BCUT2D eigenvalue weighted by Crippen LogP contribution is -2.05. The average molecular weight is 301 g/mol. The van der Waals surface area contributed by atoms with E-state index in [0.29, 0.717) is 5.95 Å². The molecule has 1 heterocycles. The van der Waals surface area contributed by atoms with Gasteiger partial charge in [-0.2, -0.15) is 4.98 Å². The zero-order chi connectivity index (χ0) is 13.8. The third-order valence-corrected chi connectivity index (χ3v) is 3.13. The molecule has 0 atom stereocenters. The zero-order valence-corrected chi connectivity index (χ0v) is 12.5. The van der Waals surface area contributed by atoms with Crippen LogP contribution in [-0.4, -0.2) is 17.0 Å². The number of nitrogens with one attached hydrogen (secondary N) is 2. The van der Waals surface area contributed by atoms with E-state index in [-0.39, 0.29) is 12.4 Å². The molecule has 3 aromatic rings. The minimum Gasteiger partial charge on any atom is -0.365 e. The first-order chi connectivity index (χ1) is 9.86. The SMILES string of the molecule is CNc1nc(NCc2ccccc2)c2ccccc2n1.Cl. The van der Waals surface area contributed by atoms with E-state index >= 15 is 0 Å². The maximum atomic E-state index is 4.50. The molecule has 4 nitrogen and oxygen atoms in total. The molecular weight excluding hydrogens is 284 g/mol. The second kappa shape index (κ2) is 6.90. The number of hydrogen-bond acceptors (Lipinski definition) is 4. The monoisotopic (exact) mass is 300 g/mol. The number of benzene rings is 2. The van der Waals surface area contributed by atoms with E-state index in [9.17, 15) is 0 Å². The minimum absolute atomic E-state index is 0. The van der Waals surface area contributed by atoms with Gasteiger partial charge in [-0.05, 0) is 17.7 Å². The van der Waals surface area contributed by atoms with E-state index in [1.807, 2.05) is 49.5 Å². The quantitative estimate of drug-likeness (QED) is 0.771. The van der Waals surface area contributed by atoms with Crippen LogP contribution in [0.5, 0.6) is 0 Å². The Labute approximate surface area is 130 Å². The lowest BCUT2D eigenvalue weighted by atomic mass is 10.2. The van der Waals surface area contributed by atoms with E-state index in [4.69, 9.17) is 0 Å². The number of rotatable bonds is 4. The van der Waals surface area contributed by atoms with Crippen LogP contribution in [0.2, 0.25) is 0 Å². The fourth-order valence-corrected chi connectivity index (χ4v) is 2.10. The van der Waals surface area contributed by atoms with Crippen molar-refractivity contribution in [3.63, 3.8) is 0 Å². The Morgan fingerprint density at radius 3 is 2.38 bits per heavy atom. The smallest absolute Gasteiger partial charge is 0.224 e. The Morgan fingerprint density at radius 2 is 1.62 bits per heavy atom. The standard InChI is InChI=1S/C16H16N4.ClH/c1-17-16-19-14-10-6-5-9-13(14)15(20-16)18-11-12-7-3-2-4-8-12;/h2-10H,11H2,1H3,(H2,17,18,19,20);1H. The van der Waals surface area contributed by atoms with E-state index in [1.54, 1.807) is 0 Å². The van der Waals surface area contributed by atoms with Crippen LogP contribution in [0, 0.1) is 0 Å². The molecule has 0 amide bonds. The van der Waals surface area contributed by atoms with Crippen LogP contribution < -0.4 is 10.6 Å². The van der Waals surface area contributed by atoms with Gasteiger partial charge in [0.1, 0.15) is 5.82 Å². The molecule has 2 aromatic carbocycles. The summed E-state index contributed by atoms with van der Waals surface area (Å²) in [5.41, 5.74) is 2.16. The minimum atomic E-state index is 0. The van der Waals surface area contributed by atoms with Gasteiger partial charge in [-0.15, -0.1) is 12.4 Å². The van der Waals surface area contributed by atoms with Crippen molar-refractivity contribution in [3.8, 4) is 0 Å². The highest BCUT2D eigenvalue weighted by Crippen LogP contribution is 2.22. The molecular formula is C16H17ClN4. The van der Waals surface area contributed by atoms with Gasteiger partial charge in [-0.25, -0.2) is 4.98 Å². The molecule has 3 rings (SSSR count). The van der Waals surface area contributed by atoms with Crippen molar-refractivity contribution < 1.29 is 0 Å². The molecule has 0 spiro atoms. The molecule has 5 heteroatoms. The van der Waals surface area contributed by atoms with Crippen molar-refractivity contribution in [1.82, 2.24) is 9.97 Å². The van der Waals surface area contributed by atoms with Crippen LogP contribution in [0.3, 0.4) is 0 Å². The normalized spacial score (nSPS) is 9.95. The van der Waals surface area contributed by atoms with E-state index in [0.717, 1.165) is 23.3 Å². The van der Waals surface area contributed by atoms with Crippen LogP contribution in [0.15, 0.2) is 54.6 Å². The zero-order valence-electron chi connectivity index (χ0n) is 11.7. The van der Waals surface area contributed by atoms with Crippen LogP contribution >= 0.6 is 12.4 Å². The third kappa shape index (κ3) is 3.41. The molecule has 2 N–H and O–H groups in total. The van der Waals surface area contributed by atoms with Gasteiger partial charge in [0, 0.05) is 19.0 Å². The van der Waals surface area contributed by atoms with Gasteiger partial charge in [-0.1, -0.05) is 42.5 Å². The van der Waals surface area contributed by atoms with Crippen molar-refractivity contribution in [2.24, 2.45) is 0 Å². The number of anilines is 2. The second-order valence-corrected chi connectivity index (χ2v) is 4.50. The van der Waals surface area contributed by atoms with E-state index in [2.05, 4.69) is 32.7 Å². The largest absolute Gasteiger partial charge is 0.365 e. The summed E-state index contributed by atoms with van der Waals surface area (Å²) in [5, 5.41) is 7.41. The molecule has 1 aromatic heterocycles. The lowest BCUT2D eigenvalue weighted by molar-refractivity contribution is 1.10. The highest BCUT2D eigenvalue weighted by molar-refractivity contribution is 5.89. The Bertz CT molecular complexity index is 716. The van der Waals surface area contributed by atoms with Crippen molar-refractivity contribution >= 4 is 35.1 Å². The molecule has 21 heavy (non-hydrogen) atoms. The summed E-state index contributed by atoms with van der Waals surface area (Å²) in [5.74, 6) is 1.48. The lowest BCUT2D eigenvalue weighted by Gasteiger charge is -2.10. The summed E-state index contributed by atoms with van der Waals surface area (Å²) in [7, 11) is 1.82. The molecule has 0 saturated carbocycles. The average Bonchev–Trinajstić information content (AvgIpc) is 2.53. The molecule has 0 aliphatic rings. The van der Waals surface area contributed by atoms with Crippen LogP contribution in [0.1, 0.15) is 5.56 Å². The fourth-order valence-electron chi connectivity index (χ4n) is 2.10.